The van der Waals surface area contributed by atoms with Gasteiger partial charge in [-0.3, -0.25) is 0 Å². The summed E-state index contributed by atoms with van der Waals surface area (Å²) in [6.45, 7) is 1.61. The molecule has 0 amide bonds. The van der Waals surface area contributed by atoms with Crippen molar-refractivity contribution in [1.29, 1.82) is 0 Å². The van der Waals surface area contributed by atoms with E-state index < -0.39 is 21.0 Å². The Kier molecular flexibility index (Phi) is 4.90. The molecule has 2 atom stereocenters. The molecule has 72 valence electrons. The summed E-state index contributed by atoms with van der Waals surface area (Å²) in [4.78, 5) is -2.01. The van der Waals surface area contributed by atoms with Crippen molar-refractivity contribution < 1.29 is 47.6 Å². The Morgan fingerprint density at radius 2 is 2.00 bits per heavy atom. The Morgan fingerprint density at radius 3 is 2.31 bits per heavy atom. The van der Waals surface area contributed by atoms with E-state index in [1.54, 1.807) is 6.92 Å². The van der Waals surface area contributed by atoms with Gasteiger partial charge in [-0.05, 0) is 25.2 Å². The second kappa shape index (κ2) is 4.59. The Labute approximate surface area is 101 Å². The third-order valence-corrected chi connectivity index (χ3v) is 4.10. The van der Waals surface area contributed by atoms with Gasteiger partial charge in [-0.25, -0.2) is 8.42 Å². The monoisotopic (exact) mass is 216 g/mol. The first kappa shape index (κ1) is 13.9. The Morgan fingerprint density at radius 1 is 1.46 bits per heavy atom. The van der Waals surface area contributed by atoms with E-state index in [1.807, 2.05) is 0 Å². The van der Waals surface area contributed by atoms with E-state index in [0.717, 1.165) is 6.42 Å². The number of hydrogen-bond acceptors (Lipinski definition) is 4. The van der Waals surface area contributed by atoms with E-state index in [9.17, 15) is 18.1 Å². The van der Waals surface area contributed by atoms with E-state index in [4.69, 9.17) is 0 Å². The quantitative estimate of drug-likeness (QED) is 0.386. The van der Waals surface area contributed by atoms with Crippen LogP contribution in [0.3, 0.4) is 0 Å². The minimum Gasteiger partial charge on any atom is -0.746 e. The van der Waals surface area contributed by atoms with Gasteiger partial charge in [0, 0.05) is 0 Å². The molecule has 1 N–H and O–H groups in total. The van der Waals surface area contributed by atoms with Crippen molar-refractivity contribution in [2.45, 2.75) is 37.5 Å². The number of hydrogen-bond donors (Lipinski definition) is 1. The van der Waals surface area contributed by atoms with Gasteiger partial charge < -0.3 is 9.66 Å². The average Bonchev–Trinajstić information content (AvgIpc) is 1.93. The van der Waals surface area contributed by atoms with Gasteiger partial charge in [-0.1, -0.05) is 13.3 Å². The molecule has 0 radical (unpaired) electrons. The molecule has 13 heavy (non-hydrogen) atoms. The molecule has 0 spiro atoms. The minimum atomic E-state index is -4.57. The molecule has 6 heteroatoms. The van der Waals surface area contributed by atoms with Crippen molar-refractivity contribution in [2.75, 3.05) is 0 Å². The maximum absolute atomic E-state index is 10.7. The molecule has 0 bridgehead atoms. The molecule has 0 heterocycles. The fourth-order valence-corrected chi connectivity index (χ4v) is 2.68. The molecule has 0 aromatic rings. The molecule has 0 aromatic heterocycles. The van der Waals surface area contributed by atoms with Gasteiger partial charge in [0.15, 0.2) is 4.93 Å². The third-order valence-electron chi connectivity index (χ3n) is 2.63. The summed E-state index contributed by atoms with van der Waals surface area (Å²) in [5.74, 6) is -0.436. The molecule has 4 nitrogen and oxygen atoms in total. The predicted molar refractivity (Wildman–Crippen MR) is 42.3 cm³/mol. The van der Waals surface area contributed by atoms with Gasteiger partial charge in [0.25, 0.3) is 0 Å². The standard InChI is InChI=1S/C7H14O4S.Na/c1-6-4-2-3-5-7(6,8)12(9,10)11;/h6,8H,2-5H2,1H3,(H,9,10,11);/q;+1/p-1. The van der Waals surface area contributed by atoms with Crippen LogP contribution in [0.25, 0.3) is 0 Å². The fraction of sp³-hybridized carbons (Fsp3) is 1.00. The van der Waals surface area contributed by atoms with Crippen molar-refractivity contribution in [3.05, 3.63) is 0 Å². The Bertz CT molecular complexity index is 264. The Balaban J connectivity index is 0.00000144. The molecule has 1 fully saturated rings. The van der Waals surface area contributed by atoms with Gasteiger partial charge >= 0.3 is 29.6 Å². The van der Waals surface area contributed by atoms with Crippen LogP contribution in [0.15, 0.2) is 0 Å². The molecular formula is C7H13NaO4S. The van der Waals surface area contributed by atoms with Crippen LogP contribution in [0, 0.1) is 5.92 Å². The zero-order chi connectivity index (χ0) is 9.41. The van der Waals surface area contributed by atoms with E-state index in [-0.39, 0.29) is 36.0 Å². The van der Waals surface area contributed by atoms with Crippen LogP contribution in [0.5, 0.6) is 0 Å². The molecule has 1 aliphatic carbocycles. The third kappa shape index (κ3) is 2.67. The Hall–Kier alpha value is 0.870. The fourth-order valence-electron chi connectivity index (χ4n) is 1.67. The zero-order valence-corrected chi connectivity index (χ0v) is 10.8. The summed E-state index contributed by atoms with van der Waals surface area (Å²) in [7, 11) is -4.57. The predicted octanol–water partition coefficient (Wildman–Crippen LogP) is -2.57. The summed E-state index contributed by atoms with van der Waals surface area (Å²) >= 11 is 0. The van der Waals surface area contributed by atoms with Crippen LogP contribution in [0.4, 0.5) is 0 Å². The van der Waals surface area contributed by atoms with Crippen molar-refractivity contribution in [3.63, 3.8) is 0 Å². The van der Waals surface area contributed by atoms with E-state index >= 15 is 0 Å². The van der Waals surface area contributed by atoms with Crippen molar-refractivity contribution in [3.8, 4) is 0 Å². The normalized spacial score (nSPS) is 35.2. The van der Waals surface area contributed by atoms with Crippen molar-refractivity contribution in [1.82, 2.24) is 0 Å². The topological polar surface area (TPSA) is 77.4 Å². The smallest absolute Gasteiger partial charge is 0.746 e. The van der Waals surface area contributed by atoms with E-state index in [2.05, 4.69) is 0 Å². The zero-order valence-electron chi connectivity index (χ0n) is 7.99. The largest absolute Gasteiger partial charge is 1.00 e. The first-order valence-electron chi connectivity index (χ1n) is 4.06. The van der Waals surface area contributed by atoms with Crippen LogP contribution in [0.1, 0.15) is 32.6 Å². The molecule has 1 rings (SSSR count). The maximum atomic E-state index is 10.7. The van der Waals surface area contributed by atoms with Crippen LogP contribution in [-0.4, -0.2) is 23.0 Å². The number of rotatable bonds is 1. The number of aliphatic hydroxyl groups is 1. The SMILES string of the molecule is CC1CCCCC1(O)S(=O)(=O)[O-].[Na+]. The molecule has 0 aromatic carbocycles. The summed E-state index contributed by atoms with van der Waals surface area (Å²) < 4.78 is 32.1. The second-order valence-corrected chi connectivity index (χ2v) is 5.06. The van der Waals surface area contributed by atoms with Crippen LogP contribution >= 0.6 is 0 Å². The molecule has 1 aliphatic rings. The summed E-state index contributed by atoms with van der Waals surface area (Å²) in [6.07, 6.45) is 2.19. The van der Waals surface area contributed by atoms with Crippen LogP contribution in [-0.2, 0) is 10.1 Å². The molecule has 0 aliphatic heterocycles. The first-order valence-corrected chi connectivity index (χ1v) is 5.46. The van der Waals surface area contributed by atoms with Gasteiger partial charge in [0.05, 0.1) is 0 Å². The maximum Gasteiger partial charge on any atom is 1.00 e. The minimum absolute atomic E-state index is 0. The average molecular weight is 216 g/mol. The summed E-state index contributed by atoms with van der Waals surface area (Å²) in [5, 5.41) is 9.58. The second-order valence-electron chi connectivity index (χ2n) is 3.45. The molecule has 1 saturated carbocycles. The van der Waals surface area contributed by atoms with E-state index in [0.29, 0.717) is 12.8 Å². The van der Waals surface area contributed by atoms with E-state index in [1.165, 1.54) is 0 Å². The van der Waals surface area contributed by atoms with Crippen molar-refractivity contribution in [2.24, 2.45) is 5.92 Å². The molecule has 0 saturated heterocycles. The van der Waals surface area contributed by atoms with Crippen molar-refractivity contribution >= 4 is 10.1 Å². The first-order chi connectivity index (χ1) is 5.38. The summed E-state index contributed by atoms with van der Waals surface area (Å²) in [5.41, 5.74) is 0. The summed E-state index contributed by atoms with van der Waals surface area (Å²) in [6, 6.07) is 0. The van der Waals surface area contributed by atoms with Gasteiger partial charge in [-0.2, -0.15) is 0 Å². The van der Waals surface area contributed by atoms with Crippen LogP contribution in [0.2, 0.25) is 0 Å². The van der Waals surface area contributed by atoms with Crippen LogP contribution < -0.4 is 29.6 Å². The van der Waals surface area contributed by atoms with Gasteiger partial charge in [0.2, 0.25) is 0 Å². The van der Waals surface area contributed by atoms with Gasteiger partial charge in [-0.15, -0.1) is 0 Å². The molecular weight excluding hydrogens is 203 g/mol. The molecule has 2 unspecified atom stereocenters. The van der Waals surface area contributed by atoms with Gasteiger partial charge in [0.1, 0.15) is 10.1 Å².